The van der Waals surface area contributed by atoms with E-state index in [0.717, 1.165) is 30.3 Å². The molecule has 1 aromatic heterocycles. The van der Waals surface area contributed by atoms with Gasteiger partial charge in [0.2, 0.25) is 5.88 Å². The predicted molar refractivity (Wildman–Crippen MR) is 121 cm³/mol. The van der Waals surface area contributed by atoms with Gasteiger partial charge in [-0.15, -0.1) is 0 Å². The van der Waals surface area contributed by atoms with Crippen molar-refractivity contribution in [2.45, 2.75) is 6.92 Å². The molecule has 2 aromatic carbocycles. The number of aromatic nitrogens is 1. The van der Waals surface area contributed by atoms with Gasteiger partial charge in [-0.3, -0.25) is 0 Å². The van der Waals surface area contributed by atoms with Crippen LogP contribution in [-0.2, 0) is 0 Å². The molecule has 160 valence electrons. The van der Waals surface area contributed by atoms with E-state index in [-0.39, 0.29) is 6.03 Å². The quantitative estimate of drug-likeness (QED) is 0.659. The number of urea groups is 1. The number of amides is 2. The maximum absolute atomic E-state index is 12.7. The topological polar surface area (TPSA) is 66.9 Å². The highest BCUT2D eigenvalue weighted by Gasteiger charge is 2.23. The monoisotopic (exact) mass is 418 g/mol. The van der Waals surface area contributed by atoms with Gasteiger partial charge in [-0.25, -0.2) is 9.78 Å². The Balaban J connectivity index is 1.30. The van der Waals surface area contributed by atoms with E-state index in [2.05, 4.69) is 15.2 Å². The lowest BCUT2D eigenvalue weighted by molar-refractivity contribution is 0.208. The lowest BCUT2D eigenvalue weighted by Gasteiger charge is -2.36. The first-order valence-electron chi connectivity index (χ1n) is 10.3. The Labute approximate surface area is 182 Å². The van der Waals surface area contributed by atoms with Crippen molar-refractivity contribution in [3.05, 3.63) is 72.4 Å². The lowest BCUT2D eigenvalue weighted by atomic mass is 10.2. The van der Waals surface area contributed by atoms with Crippen LogP contribution < -0.4 is 19.7 Å². The molecule has 0 aliphatic carbocycles. The maximum Gasteiger partial charge on any atom is 0.322 e. The zero-order valence-electron chi connectivity index (χ0n) is 17.7. The number of nitrogens with zero attached hydrogens (tertiary/aromatic N) is 3. The zero-order valence-corrected chi connectivity index (χ0v) is 17.7. The van der Waals surface area contributed by atoms with Crippen molar-refractivity contribution in [2.24, 2.45) is 0 Å². The van der Waals surface area contributed by atoms with Gasteiger partial charge in [0, 0.05) is 32.2 Å². The van der Waals surface area contributed by atoms with E-state index in [9.17, 15) is 4.79 Å². The molecule has 7 nitrogen and oxygen atoms in total. The number of ether oxygens (including phenoxy) is 2. The molecule has 0 atom stereocenters. The number of carbonyl (C=O) groups excluding carboxylic acids is 1. The molecule has 0 bridgehead atoms. The van der Waals surface area contributed by atoms with Crippen molar-refractivity contribution < 1.29 is 14.3 Å². The van der Waals surface area contributed by atoms with Gasteiger partial charge in [0.05, 0.1) is 24.7 Å². The fourth-order valence-electron chi connectivity index (χ4n) is 3.49. The summed E-state index contributed by atoms with van der Waals surface area (Å²) in [6.45, 7) is 4.78. The average molecular weight is 418 g/mol. The smallest absolute Gasteiger partial charge is 0.322 e. The van der Waals surface area contributed by atoms with Crippen molar-refractivity contribution >= 4 is 17.4 Å². The van der Waals surface area contributed by atoms with Crippen LogP contribution in [0.4, 0.5) is 16.2 Å². The SMILES string of the molecule is COc1ccccc1N1CCN(C(=O)Nc2ccc(Oc3ccc(C)cc3)nc2)CC1. The van der Waals surface area contributed by atoms with E-state index in [4.69, 9.17) is 9.47 Å². The molecule has 31 heavy (non-hydrogen) atoms. The minimum Gasteiger partial charge on any atom is -0.495 e. The highest BCUT2D eigenvalue weighted by atomic mass is 16.5. The second-order valence-electron chi connectivity index (χ2n) is 7.38. The van der Waals surface area contributed by atoms with Crippen LogP contribution in [-0.4, -0.2) is 49.2 Å². The van der Waals surface area contributed by atoms with Crippen molar-refractivity contribution in [1.82, 2.24) is 9.88 Å². The molecule has 4 rings (SSSR count). The number of rotatable bonds is 5. The number of hydrogen-bond donors (Lipinski definition) is 1. The predicted octanol–water partition coefficient (Wildman–Crippen LogP) is 4.55. The van der Waals surface area contributed by atoms with Crippen LogP contribution in [0.2, 0.25) is 0 Å². The standard InChI is InChI=1S/C24H26N4O3/c1-18-7-10-20(11-8-18)31-23-12-9-19(17-25-23)26-24(29)28-15-13-27(14-16-28)21-5-3-4-6-22(21)30-2/h3-12,17H,13-16H2,1-2H3,(H,26,29). The maximum atomic E-state index is 12.7. The first-order chi connectivity index (χ1) is 15.1. The largest absolute Gasteiger partial charge is 0.495 e. The van der Waals surface area contributed by atoms with E-state index < -0.39 is 0 Å². The number of pyridine rings is 1. The highest BCUT2D eigenvalue weighted by molar-refractivity contribution is 5.89. The molecule has 7 heteroatoms. The molecule has 0 radical (unpaired) electrons. The molecule has 2 amide bonds. The van der Waals surface area contributed by atoms with Gasteiger partial charge in [0.1, 0.15) is 11.5 Å². The van der Waals surface area contributed by atoms with E-state index in [1.54, 1.807) is 25.4 Å². The molecular weight excluding hydrogens is 392 g/mol. The summed E-state index contributed by atoms with van der Waals surface area (Å²) < 4.78 is 11.2. The number of anilines is 2. The van der Waals surface area contributed by atoms with Crippen molar-refractivity contribution in [1.29, 1.82) is 0 Å². The first kappa shape index (κ1) is 20.5. The third-order valence-corrected chi connectivity index (χ3v) is 5.22. The molecule has 3 aromatic rings. The molecule has 0 spiro atoms. The van der Waals surface area contributed by atoms with Gasteiger partial charge < -0.3 is 24.6 Å². The molecule has 0 saturated carbocycles. The zero-order chi connectivity index (χ0) is 21.6. The molecule has 1 fully saturated rings. The van der Waals surface area contributed by atoms with Crippen LogP contribution >= 0.6 is 0 Å². The second kappa shape index (κ2) is 9.38. The molecule has 1 aliphatic rings. The molecule has 1 N–H and O–H groups in total. The fraction of sp³-hybridized carbons (Fsp3) is 0.250. The minimum atomic E-state index is -0.131. The minimum absolute atomic E-state index is 0.131. The Morgan fingerprint density at radius 2 is 1.71 bits per heavy atom. The summed E-state index contributed by atoms with van der Waals surface area (Å²) in [5, 5.41) is 2.91. The Hall–Kier alpha value is -3.74. The van der Waals surface area contributed by atoms with E-state index >= 15 is 0 Å². The van der Waals surface area contributed by atoms with Gasteiger partial charge in [0.15, 0.2) is 0 Å². The normalized spacial score (nSPS) is 13.6. The fourth-order valence-corrected chi connectivity index (χ4v) is 3.49. The Morgan fingerprint density at radius 1 is 0.968 bits per heavy atom. The lowest BCUT2D eigenvalue weighted by Crippen LogP contribution is -2.50. The van der Waals surface area contributed by atoms with Gasteiger partial charge in [-0.1, -0.05) is 29.8 Å². The Bertz CT molecular complexity index is 1010. The number of nitrogens with one attached hydrogen (secondary N) is 1. The number of methoxy groups -OCH3 is 1. The summed E-state index contributed by atoms with van der Waals surface area (Å²) in [5.74, 6) is 2.05. The summed E-state index contributed by atoms with van der Waals surface area (Å²) in [6.07, 6.45) is 1.60. The summed E-state index contributed by atoms with van der Waals surface area (Å²) in [6, 6.07) is 19.1. The van der Waals surface area contributed by atoms with Crippen LogP contribution in [0.1, 0.15) is 5.56 Å². The summed E-state index contributed by atoms with van der Waals surface area (Å²) >= 11 is 0. The van der Waals surface area contributed by atoms with Crippen LogP contribution in [0.3, 0.4) is 0 Å². The Kier molecular flexibility index (Phi) is 6.21. The van der Waals surface area contributed by atoms with Gasteiger partial charge in [-0.05, 0) is 37.3 Å². The van der Waals surface area contributed by atoms with Crippen LogP contribution in [0.25, 0.3) is 0 Å². The van der Waals surface area contributed by atoms with Gasteiger partial charge >= 0.3 is 6.03 Å². The first-order valence-corrected chi connectivity index (χ1v) is 10.3. The molecular formula is C24H26N4O3. The van der Waals surface area contributed by atoms with E-state index in [0.29, 0.717) is 24.7 Å². The second-order valence-corrected chi connectivity index (χ2v) is 7.38. The van der Waals surface area contributed by atoms with Crippen LogP contribution in [0.15, 0.2) is 66.9 Å². The third kappa shape index (κ3) is 5.06. The average Bonchev–Trinajstić information content (AvgIpc) is 2.82. The van der Waals surface area contributed by atoms with Crippen LogP contribution in [0, 0.1) is 6.92 Å². The van der Waals surface area contributed by atoms with Gasteiger partial charge in [0.25, 0.3) is 0 Å². The molecule has 1 saturated heterocycles. The summed E-state index contributed by atoms with van der Waals surface area (Å²) in [5.41, 5.74) is 2.86. The highest BCUT2D eigenvalue weighted by Crippen LogP contribution is 2.28. The summed E-state index contributed by atoms with van der Waals surface area (Å²) in [4.78, 5) is 21.0. The molecule has 2 heterocycles. The van der Waals surface area contributed by atoms with Crippen molar-refractivity contribution in [3.8, 4) is 17.4 Å². The number of hydrogen-bond acceptors (Lipinski definition) is 5. The molecule has 1 aliphatic heterocycles. The summed E-state index contributed by atoms with van der Waals surface area (Å²) in [7, 11) is 1.67. The number of carbonyl (C=O) groups is 1. The third-order valence-electron chi connectivity index (χ3n) is 5.22. The molecule has 0 unspecified atom stereocenters. The number of piperazine rings is 1. The van der Waals surface area contributed by atoms with Crippen LogP contribution in [0.5, 0.6) is 17.4 Å². The number of aryl methyl sites for hydroxylation is 1. The number of benzene rings is 2. The van der Waals surface area contributed by atoms with E-state index in [1.165, 1.54) is 5.56 Å². The Morgan fingerprint density at radius 3 is 2.39 bits per heavy atom. The van der Waals surface area contributed by atoms with Crippen molar-refractivity contribution in [3.63, 3.8) is 0 Å². The van der Waals surface area contributed by atoms with Gasteiger partial charge in [-0.2, -0.15) is 0 Å². The van der Waals surface area contributed by atoms with Crippen molar-refractivity contribution in [2.75, 3.05) is 43.5 Å². The van der Waals surface area contributed by atoms with E-state index in [1.807, 2.05) is 60.4 Å². The number of para-hydroxylation sites is 2.